The fourth-order valence-corrected chi connectivity index (χ4v) is 3.26. The van der Waals surface area contributed by atoms with Crippen LogP contribution in [0.3, 0.4) is 0 Å². The molecule has 6 nitrogen and oxygen atoms in total. The molecule has 1 atom stereocenters. The van der Waals surface area contributed by atoms with Crippen molar-refractivity contribution >= 4 is 23.5 Å². The van der Waals surface area contributed by atoms with E-state index in [1.165, 1.54) is 12.1 Å². The number of unbranched alkanes of at least 4 members (excludes halogenated alkanes) is 4. The SMILES string of the molecule is CCCCCCCC1(C)NC(=O)N(CC(=O)Nc2cccc(C(F)(F)F)c2)C1=O. The summed E-state index contributed by atoms with van der Waals surface area (Å²) in [4.78, 5) is 37.8. The number of hydrogen-bond donors (Lipinski definition) is 2. The number of carbonyl (C=O) groups is 3. The molecule has 1 saturated heterocycles. The smallest absolute Gasteiger partial charge is 0.325 e. The number of carbonyl (C=O) groups excluding carboxylic acids is 3. The Bertz CT molecular complexity index is 767. The Labute approximate surface area is 167 Å². The van der Waals surface area contributed by atoms with Crippen LogP contribution in [0, 0.1) is 0 Å². The van der Waals surface area contributed by atoms with Crippen LogP contribution < -0.4 is 10.6 Å². The van der Waals surface area contributed by atoms with Crippen LogP contribution in [0.15, 0.2) is 24.3 Å². The van der Waals surface area contributed by atoms with Crippen LogP contribution >= 0.6 is 0 Å². The summed E-state index contributed by atoms with van der Waals surface area (Å²) in [6.45, 7) is 3.16. The molecule has 0 radical (unpaired) electrons. The highest BCUT2D eigenvalue weighted by Crippen LogP contribution is 2.30. The van der Waals surface area contributed by atoms with Gasteiger partial charge in [-0.1, -0.05) is 45.1 Å². The fraction of sp³-hybridized carbons (Fsp3) is 0.550. The number of amides is 4. The van der Waals surface area contributed by atoms with Crippen LogP contribution in [0.5, 0.6) is 0 Å². The van der Waals surface area contributed by atoms with Crippen LogP contribution in [-0.4, -0.2) is 34.8 Å². The van der Waals surface area contributed by atoms with E-state index in [0.29, 0.717) is 6.42 Å². The van der Waals surface area contributed by atoms with E-state index < -0.39 is 41.7 Å². The third-order valence-electron chi connectivity index (χ3n) is 4.90. The second-order valence-corrected chi connectivity index (χ2v) is 7.44. The van der Waals surface area contributed by atoms with Gasteiger partial charge < -0.3 is 10.6 Å². The van der Waals surface area contributed by atoms with E-state index in [1.54, 1.807) is 6.92 Å². The van der Waals surface area contributed by atoms with Crippen molar-refractivity contribution in [1.29, 1.82) is 0 Å². The number of halogens is 3. The molecule has 1 aliphatic rings. The molecule has 160 valence electrons. The van der Waals surface area contributed by atoms with Gasteiger partial charge in [-0.2, -0.15) is 13.2 Å². The van der Waals surface area contributed by atoms with Gasteiger partial charge in [0.1, 0.15) is 12.1 Å². The fourth-order valence-electron chi connectivity index (χ4n) is 3.26. The number of nitrogens with one attached hydrogen (secondary N) is 2. The number of urea groups is 1. The van der Waals surface area contributed by atoms with Gasteiger partial charge in [-0.15, -0.1) is 0 Å². The lowest BCUT2D eigenvalue weighted by molar-refractivity contribution is -0.137. The summed E-state index contributed by atoms with van der Waals surface area (Å²) in [5.41, 5.74) is -2.03. The number of anilines is 1. The first-order valence-electron chi connectivity index (χ1n) is 9.68. The predicted molar refractivity (Wildman–Crippen MR) is 102 cm³/mol. The minimum atomic E-state index is -4.54. The van der Waals surface area contributed by atoms with Crippen molar-refractivity contribution in [2.75, 3.05) is 11.9 Å². The lowest BCUT2D eigenvalue weighted by Gasteiger charge is -2.21. The summed E-state index contributed by atoms with van der Waals surface area (Å²) in [6.07, 6.45) is 0.908. The molecule has 2 rings (SSSR count). The molecule has 0 bridgehead atoms. The average molecular weight is 413 g/mol. The number of benzene rings is 1. The summed E-state index contributed by atoms with van der Waals surface area (Å²) in [6, 6.07) is 3.48. The van der Waals surface area contributed by atoms with Crippen LogP contribution in [0.25, 0.3) is 0 Å². The quantitative estimate of drug-likeness (QED) is 0.468. The van der Waals surface area contributed by atoms with E-state index in [0.717, 1.165) is 49.1 Å². The van der Waals surface area contributed by atoms with Crippen molar-refractivity contribution in [1.82, 2.24) is 10.2 Å². The third-order valence-corrected chi connectivity index (χ3v) is 4.90. The van der Waals surface area contributed by atoms with E-state index in [2.05, 4.69) is 17.6 Å². The summed E-state index contributed by atoms with van der Waals surface area (Å²) in [5, 5.41) is 4.93. The zero-order chi connectivity index (χ0) is 21.7. The van der Waals surface area contributed by atoms with Crippen LogP contribution in [0.2, 0.25) is 0 Å². The van der Waals surface area contributed by atoms with E-state index >= 15 is 0 Å². The van der Waals surface area contributed by atoms with E-state index in [-0.39, 0.29) is 5.69 Å². The van der Waals surface area contributed by atoms with E-state index in [1.807, 2.05) is 0 Å². The number of hydrogen-bond acceptors (Lipinski definition) is 3. The van der Waals surface area contributed by atoms with Crippen LogP contribution in [-0.2, 0) is 15.8 Å². The van der Waals surface area contributed by atoms with E-state index in [4.69, 9.17) is 0 Å². The molecule has 9 heteroatoms. The molecule has 0 aromatic heterocycles. The number of alkyl halides is 3. The van der Waals surface area contributed by atoms with Crippen molar-refractivity contribution in [2.24, 2.45) is 0 Å². The molecule has 1 unspecified atom stereocenters. The second kappa shape index (κ2) is 9.28. The molecular weight excluding hydrogens is 387 g/mol. The maximum atomic E-state index is 12.8. The van der Waals surface area contributed by atoms with Gasteiger partial charge in [0.15, 0.2) is 0 Å². The van der Waals surface area contributed by atoms with Crippen LogP contribution in [0.4, 0.5) is 23.7 Å². The molecule has 1 heterocycles. The highest BCUT2D eigenvalue weighted by Gasteiger charge is 2.47. The van der Waals surface area contributed by atoms with Crippen molar-refractivity contribution in [2.45, 2.75) is 64.1 Å². The minimum absolute atomic E-state index is 0.0597. The Morgan fingerprint density at radius 2 is 1.86 bits per heavy atom. The summed E-state index contributed by atoms with van der Waals surface area (Å²) < 4.78 is 38.3. The second-order valence-electron chi connectivity index (χ2n) is 7.44. The van der Waals surface area contributed by atoms with Gasteiger partial charge in [-0.25, -0.2) is 4.79 Å². The summed E-state index contributed by atoms with van der Waals surface area (Å²) in [5.74, 6) is -1.25. The number of nitrogens with zero attached hydrogens (tertiary/aromatic N) is 1. The van der Waals surface area contributed by atoms with E-state index in [9.17, 15) is 27.6 Å². The zero-order valence-electron chi connectivity index (χ0n) is 16.6. The van der Waals surface area contributed by atoms with Gasteiger partial charge in [0.25, 0.3) is 5.91 Å². The van der Waals surface area contributed by atoms with Crippen LogP contribution in [0.1, 0.15) is 57.9 Å². The number of imide groups is 1. The Morgan fingerprint density at radius 3 is 2.52 bits per heavy atom. The maximum absolute atomic E-state index is 12.8. The van der Waals surface area contributed by atoms with Gasteiger partial charge in [-0.3, -0.25) is 14.5 Å². The predicted octanol–water partition coefficient (Wildman–Crippen LogP) is 4.31. The Kier molecular flexibility index (Phi) is 7.26. The Balaban J connectivity index is 1.95. The molecule has 2 N–H and O–H groups in total. The summed E-state index contributed by atoms with van der Waals surface area (Å²) in [7, 11) is 0. The first-order chi connectivity index (χ1) is 13.6. The first kappa shape index (κ1) is 22.7. The normalized spacial score (nSPS) is 19.4. The van der Waals surface area contributed by atoms with Gasteiger partial charge in [0.05, 0.1) is 5.56 Å². The monoisotopic (exact) mass is 413 g/mol. The van der Waals surface area contributed by atoms with Crippen molar-refractivity contribution in [3.05, 3.63) is 29.8 Å². The van der Waals surface area contributed by atoms with Gasteiger partial charge in [0, 0.05) is 5.69 Å². The third kappa shape index (κ3) is 5.95. The van der Waals surface area contributed by atoms with Gasteiger partial charge >= 0.3 is 12.2 Å². The van der Waals surface area contributed by atoms with Crippen molar-refractivity contribution < 1.29 is 27.6 Å². The molecule has 4 amide bonds. The van der Waals surface area contributed by atoms with Gasteiger partial charge in [-0.05, 0) is 31.5 Å². The lowest BCUT2D eigenvalue weighted by atomic mass is 9.94. The molecule has 0 aliphatic carbocycles. The zero-order valence-corrected chi connectivity index (χ0v) is 16.6. The molecular formula is C20H26F3N3O3. The standard InChI is InChI=1S/C20H26F3N3O3/c1-3-4-5-6-7-11-19(2)17(28)26(18(29)25-19)13-16(27)24-15-10-8-9-14(12-15)20(21,22)23/h8-10,12H,3-7,11,13H2,1-2H3,(H,24,27)(H,25,29). The molecule has 0 saturated carbocycles. The lowest BCUT2D eigenvalue weighted by Crippen LogP contribution is -2.44. The molecule has 1 aromatic carbocycles. The molecule has 1 fully saturated rings. The van der Waals surface area contributed by atoms with Gasteiger partial charge in [0.2, 0.25) is 5.91 Å². The summed E-state index contributed by atoms with van der Waals surface area (Å²) >= 11 is 0. The Morgan fingerprint density at radius 1 is 1.17 bits per heavy atom. The molecule has 29 heavy (non-hydrogen) atoms. The minimum Gasteiger partial charge on any atom is -0.325 e. The molecule has 0 spiro atoms. The largest absolute Gasteiger partial charge is 0.416 e. The molecule has 1 aromatic rings. The highest BCUT2D eigenvalue weighted by atomic mass is 19.4. The van der Waals surface area contributed by atoms with Crippen molar-refractivity contribution in [3.8, 4) is 0 Å². The highest BCUT2D eigenvalue weighted by molar-refractivity contribution is 6.09. The van der Waals surface area contributed by atoms with Crippen molar-refractivity contribution in [3.63, 3.8) is 0 Å². The molecule has 1 aliphatic heterocycles. The average Bonchev–Trinajstić information content (AvgIpc) is 2.84. The topological polar surface area (TPSA) is 78.5 Å². The first-order valence-corrected chi connectivity index (χ1v) is 9.68. The maximum Gasteiger partial charge on any atom is 0.416 e. The number of rotatable bonds is 9. The Hall–Kier alpha value is -2.58.